The van der Waals surface area contributed by atoms with Gasteiger partial charge in [-0.3, -0.25) is 9.36 Å². The molecule has 0 bridgehead atoms. The molecule has 1 atom stereocenters. The fourth-order valence-electron chi connectivity index (χ4n) is 3.19. The van der Waals surface area contributed by atoms with E-state index >= 15 is 0 Å². The molecule has 0 saturated heterocycles. The summed E-state index contributed by atoms with van der Waals surface area (Å²) in [7, 11) is -1.08. The molecule has 172 valence electrons. The molecule has 2 N–H and O–H groups in total. The van der Waals surface area contributed by atoms with Crippen LogP contribution in [0.2, 0.25) is 5.02 Å². The highest BCUT2D eigenvalue weighted by Gasteiger charge is 2.27. The summed E-state index contributed by atoms with van der Waals surface area (Å²) in [5.41, 5.74) is 1.00. The van der Waals surface area contributed by atoms with E-state index in [9.17, 15) is 18.0 Å². The Bertz CT molecular complexity index is 1310. The largest absolute Gasteiger partial charge is 0.495 e. The van der Waals surface area contributed by atoms with Crippen molar-refractivity contribution in [2.24, 2.45) is 13.0 Å². The lowest BCUT2D eigenvalue weighted by Crippen LogP contribution is -2.44. The number of hydrogen-bond acceptors (Lipinski definition) is 6. The number of methoxy groups -OCH3 is 1. The molecular formula is C21H24ClN3O6S. The minimum absolute atomic E-state index is 0.0301. The van der Waals surface area contributed by atoms with E-state index in [0.717, 1.165) is 0 Å². The molecule has 11 heteroatoms. The average Bonchev–Trinajstić information content (AvgIpc) is 3.00. The minimum atomic E-state index is -4.08. The number of fused-ring (bicyclic) bond motifs is 1. The summed E-state index contributed by atoms with van der Waals surface area (Å²) in [4.78, 5) is 24.5. The van der Waals surface area contributed by atoms with Gasteiger partial charge in [0.05, 0.1) is 22.5 Å². The fourth-order valence-corrected chi connectivity index (χ4v) is 4.67. The zero-order valence-electron chi connectivity index (χ0n) is 18.0. The number of halogens is 1. The maximum Gasteiger partial charge on any atom is 0.419 e. The Hall–Kier alpha value is -2.82. The third-order valence-corrected chi connectivity index (χ3v) is 6.58. The van der Waals surface area contributed by atoms with E-state index in [0.29, 0.717) is 22.0 Å². The molecule has 0 spiro atoms. The number of benzene rings is 2. The van der Waals surface area contributed by atoms with Crippen LogP contribution in [0.3, 0.4) is 0 Å². The van der Waals surface area contributed by atoms with E-state index in [2.05, 4.69) is 10.0 Å². The molecule has 9 nitrogen and oxygen atoms in total. The first-order valence-corrected chi connectivity index (χ1v) is 11.6. The van der Waals surface area contributed by atoms with Gasteiger partial charge in [0.1, 0.15) is 11.8 Å². The van der Waals surface area contributed by atoms with Crippen LogP contribution in [0.4, 0.5) is 5.69 Å². The molecule has 3 aromatic rings. The number of carbonyl (C=O) groups excluding carboxylic acids is 1. The van der Waals surface area contributed by atoms with Gasteiger partial charge in [0.2, 0.25) is 15.9 Å². The van der Waals surface area contributed by atoms with Gasteiger partial charge in [0.25, 0.3) is 0 Å². The highest BCUT2D eigenvalue weighted by Crippen LogP contribution is 2.27. The van der Waals surface area contributed by atoms with Crippen LogP contribution in [-0.4, -0.2) is 32.0 Å². The van der Waals surface area contributed by atoms with Gasteiger partial charge in [-0.05, 0) is 42.7 Å². The zero-order valence-corrected chi connectivity index (χ0v) is 19.6. The Morgan fingerprint density at radius 3 is 2.56 bits per heavy atom. The predicted octanol–water partition coefficient (Wildman–Crippen LogP) is 3.13. The normalized spacial score (nSPS) is 12.8. The van der Waals surface area contributed by atoms with E-state index in [1.165, 1.54) is 43.0 Å². The van der Waals surface area contributed by atoms with Crippen LogP contribution >= 0.6 is 11.6 Å². The first-order chi connectivity index (χ1) is 15.0. The van der Waals surface area contributed by atoms with Crippen LogP contribution in [0.1, 0.15) is 20.3 Å². The van der Waals surface area contributed by atoms with Crippen molar-refractivity contribution >= 4 is 44.3 Å². The molecule has 1 aromatic heterocycles. The number of anilines is 1. The Kier molecular flexibility index (Phi) is 6.97. The molecule has 0 aliphatic heterocycles. The molecule has 1 heterocycles. The van der Waals surface area contributed by atoms with E-state index in [4.69, 9.17) is 20.8 Å². The second-order valence-electron chi connectivity index (χ2n) is 7.70. The van der Waals surface area contributed by atoms with Gasteiger partial charge in [-0.1, -0.05) is 25.4 Å². The number of aryl methyl sites for hydroxylation is 1. The molecule has 3 rings (SSSR count). The van der Waals surface area contributed by atoms with E-state index < -0.39 is 27.7 Å². The van der Waals surface area contributed by atoms with Crippen molar-refractivity contribution in [1.82, 2.24) is 9.29 Å². The maximum atomic E-state index is 13.0. The summed E-state index contributed by atoms with van der Waals surface area (Å²) in [6, 6.07) is 7.77. The number of ether oxygens (including phenoxy) is 1. The standard InChI is InChI=1S/C21H24ClN3O6S/c1-12(2)9-16(20(26)23-13-5-8-18(30-4)15(22)10-13)24-32(28,29)14-6-7-17-19(11-14)31-21(27)25(17)3/h5-8,10-12,16,24H,9H2,1-4H3,(H,23,26). The molecule has 2 aromatic carbocycles. The Labute approximate surface area is 190 Å². The zero-order chi connectivity index (χ0) is 23.6. The highest BCUT2D eigenvalue weighted by atomic mass is 35.5. The van der Waals surface area contributed by atoms with Gasteiger partial charge in [-0.25, -0.2) is 13.2 Å². The molecule has 0 saturated carbocycles. The molecule has 0 fully saturated rings. The van der Waals surface area contributed by atoms with Crippen LogP contribution in [0.25, 0.3) is 11.1 Å². The molecule has 1 amide bonds. The molecule has 0 aliphatic carbocycles. The molecule has 32 heavy (non-hydrogen) atoms. The van der Waals surface area contributed by atoms with E-state index in [-0.39, 0.29) is 22.8 Å². The maximum absolute atomic E-state index is 13.0. The smallest absolute Gasteiger partial charge is 0.419 e. The lowest BCUT2D eigenvalue weighted by Gasteiger charge is -2.20. The van der Waals surface area contributed by atoms with Crippen molar-refractivity contribution in [3.63, 3.8) is 0 Å². The van der Waals surface area contributed by atoms with Crippen LogP contribution in [0.5, 0.6) is 5.75 Å². The van der Waals surface area contributed by atoms with Gasteiger partial charge >= 0.3 is 5.76 Å². The number of rotatable bonds is 8. The number of nitrogens with one attached hydrogen (secondary N) is 2. The first kappa shape index (κ1) is 23.8. The predicted molar refractivity (Wildman–Crippen MR) is 122 cm³/mol. The van der Waals surface area contributed by atoms with Crippen LogP contribution in [-0.2, 0) is 21.9 Å². The third-order valence-electron chi connectivity index (χ3n) is 4.81. The topological polar surface area (TPSA) is 120 Å². The van der Waals surface area contributed by atoms with Crippen molar-refractivity contribution in [1.29, 1.82) is 0 Å². The second kappa shape index (κ2) is 9.35. The quantitative estimate of drug-likeness (QED) is 0.510. The number of carbonyl (C=O) groups is 1. The summed E-state index contributed by atoms with van der Waals surface area (Å²) in [5.74, 6) is -0.650. The number of amides is 1. The SMILES string of the molecule is COc1ccc(NC(=O)C(CC(C)C)NS(=O)(=O)c2ccc3c(c2)oc(=O)n3C)cc1Cl. The van der Waals surface area contributed by atoms with Gasteiger partial charge in [-0.15, -0.1) is 0 Å². The first-order valence-electron chi connectivity index (χ1n) is 9.78. The Morgan fingerprint density at radius 2 is 1.94 bits per heavy atom. The Morgan fingerprint density at radius 1 is 1.22 bits per heavy atom. The van der Waals surface area contributed by atoms with E-state index in [1.807, 2.05) is 13.8 Å². The van der Waals surface area contributed by atoms with Crippen molar-refractivity contribution in [3.8, 4) is 5.75 Å². The highest BCUT2D eigenvalue weighted by molar-refractivity contribution is 7.89. The van der Waals surface area contributed by atoms with Gasteiger partial charge in [0, 0.05) is 18.8 Å². The molecule has 0 radical (unpaired) electrons. The van der Waals surface area contributed by atoms with Crippen LogP contribution in [0, 0.1) is 5.92 Å². The summed E-state index contributed by atoms with van der Waals surface area (Å²) in [6.07, 6.45) is 0.262. The van der Waals surface area contributed by atoms with Crippen LogP contribution in [0.15, 0.2) is 50.5 Å². The number of sulfonamides is 1. The van der Waals surface area contributed by atoms with Gasteiger partial charge in [0.15, 0.2) is 5.58 Å². The van der Waals surface area contributed by atoms with Gasteiger partial charge in [-0.2, -0.15) is 4.72 Å². The molecular weight excluding hydrogens is 458 g/mol. The lowest BCUT2D eigenvalue weighted by atomic mass is 10.0. The lowest BCUT2D eigenvalue weighted by molar-refractivity contribution is -0.118. The minimum Gasteiger partial charge on any atom is -0.495 e. The number of oxazole rings is 1. The van der Waals surface area contributed by atoms with E-state index in [1.54, 1.807) is 12.1 Å². The summed E-state index contributed by atoms with van der Waals surface area (Å²) < 4.78 is 39.9. The van der Waals surface area contributed by atoms with Crippen molar-refractivity contribution in [2.45, 2.75) is 31.2 Å². The molecule has 0 aliphatic rings. The summed E-state index contributed by atoms with van der Waals surface area (Å²) in [5, 5.41) is 2.99. The van der Waals surface area contributed by atoms with Crippen LogP contribution < -0.4 is 20.5 Å². The average molecular weight is 482 g/mol. The van der Waals surface area contributed by atoms with Gasteiger partial charge < -0.3 is 14.5 Å². The monoisotopic (exact) mass is 481 g/mol. The fraction of sp³-hybridized carbons (Fsp3) is 0.333. The number of hydrogen-bond donors (Lipinski definition) is 2. The number of nitrogens with zero attached hydrogens (tertiary/aromatic N) is 1. The summed E-state index contributed by atoms with van der Waals surface area (Å²) in [6.45, 7) is 3.76. The van der Waals surface area contributed by atoms with Crippen molar-refractivity contribution < 1.29 is 22.4 Å². The second-order valence-corrected chi connectivity index (χ2v) is 9.82. The third kappa shape index (κ3) is 5.14. The number of aromatic nitrogens is 1. The van der Waals surface area contributed by atoms with Crippen molar-refractivity contribution in [2.75, 3.05) is 12.4 Å². The van der Waals surface area contributed by atoms with Crippen molar-refractivity contribution in [3.05, 3.63) is 52.0 Å². The Balaban J connectivity index is 1.86. The summed E-state index contributed by atoms with van der Waals surface area (Å²) >= 11 is 6.10. The molecule has 1 unspecified atom stereocenters.